The van der Waals surface area contributed by atoms with Gasteiger partial charge in [-0.15, -0.1) is 0 Å². The van der Waals surface area contributed by atoms with Gasteiger partial charge in [0.15, 0.2) is 0 Å². The number of benzene rings is 2. The van der Waals surface area contributed by atoms with Crippen molar-refractivity contribution in [1.82, 2.24) is 4.90 Å². The minimum Gasteiger partial charge on any atom is -0.329 e. The smallest absolute Gasteiger partial charge is 0.0473 e. The fourth-order valence-corrected chi connectivity index (χ4v) is 2.98. The van der Waals surface area contributed by atoms with Gasteiger partial charge in [0, 0.05) is 29.2 Å². The summed E-state index contributed by atoms with van der Waals surface area (Å²) in [7, 11) is 2.06. The lowest BCUT2D eigenvalue weighted by Gasteiger charge is -2.29. The Labute approximate surface area is 136 Å². The number of nitrogens with two attached hydrogens (primary N) is 1. The first-order valence-corrected chi connectivity index (χ1v) is 7.68. The highest BCUT2D eigenvalue weighted by molar-refractivity contribution is 6.31. The summed E-state index contributed by atoms with van der Waals surface area (Å²) in [5.74, 6) is 0. The topological polar surface area (TPSA) is 29.3 Å². The van der Waals surface area contributed by atoms with Crippen LogP contribution in [0.5, 0.6) is 0 Å². The van der Waals surface area contributed by atoms with Crippen LogP contribution in [0.15, 0.2) is 42.5 Å². The van der Waals surface area contributed by atoms with E-state index in [1.807, 2.05) is 36.4 Å². The summed E-state index contributed by atoms with van der Waals surface area (Å²) in [6.45, 7) is 3.36. The average molecular weight is 323 g/mol. The van der Waals surface area contributed by atoms with Crippen molar-refractivity contribution in [3.05, 3.63) is 69.2 Å². The van der Waals surface area contributed by atoms with Gasteiger partial charge in [-0.2, -0.15) is 0 Å². The van der Waals surface area contributed by atoms with E-state index in [9.17, 15) is 0 Å². The molecule has 0 amide bonds. The third-order valence-electron chi connectivity index (χ3n) is 3.72. The van der Waals surface area contributed by atoms with Gasteiger partial charge in [-0.05, 0) is 48.9 Å². The summed E-state index contributed by atoms with van der Waals surface area (Å²) in [5.41, 5.74) is 9.46. The molecule has 0 saturated heterocycles. The number of hydrogen-bond donors (Lipinski definition) is 1. The lowest BCUT2D eigenvalue weighted by molar-refractivity contribution is 0.241. The molecule has 0 radical (unpaired) electrons. The van der Waals surface area contributed by atoms with Crippen LogP contribution < -0.4 is 5.73 Å². The molecule has 21 heavy (non-hydrogen) atoms. The summed E-state index contributed by atoms with van der Waals surface area (Å²) >= 11 is 12.3. The van der Waals surface area contributed by atoms with Crippen molar-refractivity contribution < 1.29 is 0 Å². The van der Waals surface area contributed by atoms with E-state index in [0.29, 0.717) is 6.54 Å². The fraction of sp³-hybridized carbons (Fsp3) is 0.294. The van der Waals surface area contributed by atoms with Gasteiger partial charge in [-0.1, -0.05) is 47.5 Å². The summed E-state index contributed by atoms with van der Waals surface area (Å²) in [6, 6.07) is 14.0. The van der Waals surface area contributed by atoms with E-state index in [-0.39, 0.29) is 6.04 Å². The number of likely N-dealkylation sites (N-methyl/N-ethyl adjacent to an activating group) is 1. The average Bonchev–Trinajstić information content (AvgIpc) is 2.44. The molecule has 0 aliphatic heterocycles. The van der Waals surface area contributed by atoms with Crippen molar-refractivity contribution in [2.75, 3.05) is 13.6 Å². The maximum atomic E-state index is 6.24. The number of hydrogen-bond acceptors (Lipinski definition) is 2. The molecule has 2 nitrogen and oxygen atoms in total. The third kappa shape index (κ3) is 3.98. The fourth-order valence-electron chi connectivity index (χ4n) is 2.56. The van der Waals surface area contributed by atoms with Gasteiger partial charge in [-0.3, -0.25) is 4.90 Å². The van der Waals surface area contributed by atoms with Crippen LogP contribution in [0.4, 0.5) is 0 Å². The Morgan fingerprint density at radius 2 is 1.86 bits per heavy atom. The number of rotatable bonds is 5. The lowest BCUT2D eigenvalue weighted by Crippen LogP contribution is -2.30. The predicted molar refractivity (Wildman–Crippen MR) is 90.9 cm³/mol. The van der Waals surface area contributed by atoms with Crippen LogP contribution in [-0.4, -0.2) is 18.5 Å². The summed E-state index contributed by atoms with van der Waals surface area (Å²) < 4.78 is 0. The van der Waals surface area contributed by atoms with Crippen molar-refractivity contribution in [3.8, 4) is 0 Å². The maximum absolute atomic E-state index is 6.24. The molecule has 0 aromatic heterocycles. The molecular formula is C17H20Cl2N2. The molecule has 2 rings (SSSR count). The van der Waals surface area contributed by atoms with Gasteiger partial charge in [0.1, 0.15) is 0 Å². The molecule has 112 valence electrons. The van der Waals surface area contributed by atoms with Gasteiger partial charge in [-0.25, -0.2) is 0 Å². The lowest BCUT2D eigenvalue weighted by atomic mass is 10.00. The molecule has 0 bridgehead atoms. The van der Waals surface area contributed by atoms with E-state index in [0.717, 1.165) is 27.7 Å². The third-order valence-corrected chi connectivity index (χ3v) is 4.33. The Balaban J connectivity index is 2.22. The van der Waals surface area contributed by atoms with Crippen LogP contribution in [-0.2, 0) is 6.54 Å². The van der Waals surface area contributed by atoms with Gasteiger partial charge in [0.2, 0.25) is 0 Å². The highest BCUT2D eigenvalue weighted by Crippen LogP contribution is 2.27. The van der Waals surface area contributed by atoms with Crippen molar-refractivity contribution >= 4 is 23.2 Å². The van der Waals surface area contributed by atoms with Gasteiger partial charge in [0.05, 0.1) is 0 Å². The van der Waals surface area contributed by atoms with Gasteiger partial charge in [0.25, 0.3) is 0 Å². The monoisotopic (exact) mass is 322 g/mol. The van der Waals surface area contributed by atoms with E-state index >= 15 is 0 Å². The summed E-state index contributed by atoms with van der Waals surface area (Å²) in [5, 5.41) is 1.54. The van der Waals surface area contributed by atoms with E-state index in [1.165, 1.54) is 5.56 Å². The Morgan fingerprint density at radius 3 is 2.48 bits per heavy atom. The Hall–Kier alpha value is -1.06. The van der Waals surface area contributed by atoms with Crippen LogP contribution in [0.3, 0.4) is 0 Å². The van der Waals surface area contributed by atoms with E-state index in [2.05, 4.69) is 24.9 Å². The van der Waals surface area contributed by atoms with Crippen molar-refractivity contribution in [2.24, 2.45) is 5.73 Å². The highest BCUT2D eigenvalue weighted by atomic mass is 35.5. The molecule has 0 heterocycles. The van der Waals surface area contributed by atoms with Gasteiger partial charge < -0.3 is 5.73 Å². The molecule has 2 N–H and O–H groups in total. The zero-order valence-electron chi connectivity index (χ0n) is 12.3. The first-order chi connectivity index (χ1) is 10.0. The molecule has 0 aliphatic rings. The van der Waals surface area contributed by atoms with E-state index in [1.54, 1.807) is 0 Å². The van der Waals surface area contributed by atoms with Crippen LogP contribution in [0.2, 0.25) is 10.0 Å². The van der Waals surface area contributed by atoms with Crippen LogP contribution in [0.1, 0.15) is 22.7 Å². The molecule has 2 aromatic carbocycles. The van der Waals surface area contributed by atoms with Gasteiger partial charge >= 0.3 is 0 Å². The number of nitrogens with zero attached hydrogens (tertiary/aromatic N) is 1. The Bertz CT molecular complexity index is 613. The van der Waals surface area contributed by atoms with Crippen molar-refractivity contribution in [2.45, 2.75) is 19.5 Å². The van der Waals surface area contributed by atoms with E-state index in [4.69, 9.17) is 28.9 Å². The maximum Gasteiger partial charge on any atom is 0.0473 e. The Kier molecular flexibility index (Phi) is 5.65. The zero-order chi connectivity index (χ0) is 15.4. The van der Waals surface area contributed by atoms with Crippen molar-refractivity contribution in [1.29, 1.82) is 0 Å². The minimum atomic E-state index is 0.138. The summed E-state index contributed by atoms with van der Waals surface area (Å²) in [6.07, 6.45) is 0. The number of halogens is 2. The molecule has 0 spiro atoms. The van der Waals surface area contributed by atoms with E-state index < -0.39 is 0 Å². The molecule has 0 aliphatic carbocycles. The van der Waals surface area contributed by atoms with Crippen molar-refractivity contribution in [3.63, 3.8) is 0 Å². The second-order valence-corrected chi connectivity index (χ2v) is 6.10. The molecule has 1 unspecified atom stereocenters. The standard InChI is InChI=1S/C17H20Cl2N2/c1-12-9-14(18)7-8-15(12)17(10-20)21(2)11-13-5-3-4-6-16(13)19/h3-9,17H,10-11,20H2,1-2H3. The normalized spacial score (nSPS) is 12.7. The van der Waals surface area contributed by atoms with Crippen LogP contribution >= 0.6 is 23.2 Å². The van der Waals surface area contributed by atoms with Crippen LogP contribution in [0, 0.1) is 6.92 Å². The van der Waals surface area contributed by atoms with Crippen LogP contribution in [0.25, 0.3) is 0 Å². The SMILES string of the molecule is Cc1cc(Cl)ccc1C(CN)N(C)Cc1ccccc1Cl. The Morgan fingerprint density at radius 1 is 1.14 bits per heavy atom. The quantitative estimate of drug-likeness (QED) is 0.882. The first kappa shape index (κ1) is 16.3. The molecular weight excluding hydrogens is 303 g/mol. The largest absolute Gasteiger partial charge is 0.329 e. The molecule has 1 atom stereocenters. The highest BCUT2D eigenvalue weighted by Gasteiger charge is 2.18. The summed E-state index contributed by atoms with van der Waals surface area (Å²) in [4.78, 5) is 2.22. The molecule has 2 aromatic rings. The molecule has 0 saturated carbocycles. The number of aryl methyl sites for hydroxylation is 1. The second-order valence-electron chi connectivity index (χ2n) is 5.26. The minimum absolute atomic E-state index is 0.138. The second kappa shape index (κ2) is 7.28. The first-order valence-electron chi connectivity index (χ1n) is 6.92. The predicted octanol–water partition coefficient (Wildman–Crippen LogP) is 4.43. The zero-order valence-corrected chi connectivity index (χ0v) is 13.8. The molecule has 4 heteroatoms. The molecule has 0 fully saturated rings.